The molecule has 0 spiro atoms. The van der Waals surface area contributed by atoms with Crippen LogP contribution in [0.4, 0.5) is 0 Å². The molecule has 0 bridgehead atoms. The topological polar surface area (TPSA) is 58.7 Å². The van der Waals surface area contributed by atoms with Crippen LogP contribution in [0.3, 0.4) is 0 Å². The van der Waals surface area contributed by atoms with Crippen molar-refractivity contribution in [3.05, 3.63) is 65.0 Å². The Morgan fingerprint density at radius 2 is 1.89 bits per heavy atom. The van der Waals surface area contributed by atoms with E-state index in [9.17, 15) is 9.90 Å². The molecule has 0 aliphatic carbocycles. The highest BCUT2D eigenvalue weighted by molar-refractivity contribution is 6.15. The Hall–Kier alpha value is -3.05. The largest absolute Gasteiger partial charge is 0.872 e. The van der Waals surface area contributed by atoms with Gasteiger partial charge in [-0.15, -0.1) is 0 Å². The van der Waals surface area contributed by atoms with Crippen LogP contribution in [0.2, 0.25) is 0 Å². The number of aromatic nitrogens is 1. The molecule has 144 valence electrons. The standard InChI is InChI=1S/C23H24N2O3/c1-4-25(5-2)14-18-20(26)11-10-17-22(27)21(28-23(17)18)12-15-13-24(3)19-9-7-6-8-16(15)19/h6-13,26H,4-5,14H2,1-3H3/b21-12-. The van der Waals surface area contributed by atoms with E-state index in [0.29, 0.717) is 23.4 Å². The van der Waals surface area contributed by atoms with E-state index in [-0.39, 0.29) is 17.3 Å². The average molecular weight is 376 g/mol. The molecule has 0 saturated heterocycles. The molecule has 2 aromatic carbocycles. The van der Waals surface area contributed by atoms with Crippen LogP contribution in [0.5, 0.6) is 11.5 Å². The number of hydrogen-bond acceptors (Lipinski definition) is 3. The van der Waals surface area contributed by atoms with Gasteiger partial charge < -0.3 is 19.3 Å². The zero-order valence-electron chi connectivity index (χ0n) is 16.4. The Labute approximate surface area is 164 Å². The van der Waals surface area contributed by atoms with Gasteiger partial charge in [0.15, 0.2) is 5.76 Å². The number of quaternary nitrogens is 1. The molecule has 0 fully saturated rings. The SMILES string of the molecule is CC[NH+](CC)Cc1c([O-])ccc2c1O/C(=C\c1cn(C)c3ccccc13)C2=O. The maximum atomic E-state index is 12.9. The molecule has 28 heavy (non-hydrogen) atoms. The van der Waals surface area contributed by atoms with Gasteiger partial charge in [0, 0.05) is 35.3 Å². The Kier molecular flexibility index (Phi) is 4.69. The molecule has 4 rings (SSSR count). The number of Topliss-reactive ketones (excluding diaryl/α,β-unsaturated/α-hetero) is 1. The number of ketones is 1. The molecular formula is C23H24N2O3. The van der Waals surface area contributed by atoms with Gasteiger partial charge in [-0.2, -0.15) is 0 Å². The maximum Gasteiger partial charge on any atom is 0.231 e. The zero-order valence-corrected chi connectivity index (χ0v) is 16.4. The number of fused-ring (bicyclic) bond motifs is 2. The normalized spacial score (nSPS) is 14.9. The van der Waals surface area contributed by atoms with Crippen molar-refractivity contribution < 1.29 is 19.5 Å². The number of aryl methyl sites for hydroxylation is 1. The van der Waals surface area contributed by atoms with Crippen LogP contribution < -0.4 is 14.7 Å². The van der Waals surface area contributed by atoms with E-state index in [2.05, 4.69) is 13.8 Å². The van der Waals surface area contributed by atoms with Crippen LogP contribution in [0, 0.1) is 0 Å². The highest BCUT2D eigenvalue weighted by atomic mass is 16.5. The lowest BCUT2D eigenvalue weighted by molar-refractivity contribution is -0.910. The van der Waals surface area contributed by atoms with Gasteiger partial charge in [-0.05, 0) is 32.1 Å². The first-order valence-corrected chi connectivity index (χ1v) is 9.68. The predicted octanol–water partition coefficient (Wildman–Crippen LogP) is 2.29. The van der Waals surface area contributed by atoms with Gasteiger partial charge >= 0.3 is 0 Å². The van der Waals surface area contributed by atoms with Gasteiger partial charge in [-0.25, -0.2) is 0 Å². The lowest BCUT2D eigenvalue weighted by atomic mass is 10.0. The molecule has 1 aromatic heterocycles. The van der Waals surface area contributed by atoms with Crippen molar-refractivity contribution in [2.24, 2.45) is 7.05 Å². The van der Waals surface area contributed by atoms with Crippen LogP contribution >= 0.6 is 0 Å². The molecule has 5 heteroatoms. The van der Waals surface area contributed by atoms with Crippen LogP contribution in [0.15, 0.2) is 48.4 Å². The Morgan fingerprint density at radius 3 is 2.64 bits per heavy atom. The summed E-state index contributed by atoms with van der Waals surface area (Å²) >= 11 is 0. The van der Waals surface area contributed by atoms with Crippen molar-refractivity contribution >= 4 is 22.8 Å². The van der Waals surface area contributed by atoms with Crippen molar-refractivity contribution in [3.8, 4) is 11.5 Å². The van der Waals surface area contributed by atoms with Gasteiger partial charge in [-0.1, -0.05) is 30.0 Å². The van der Waals surface area contributed by atoms with Gasteiger partial charge in [-0.3, -0.25) is 4.79 Å². The molecule has 0 amide bonds. The maximum absolute atomic E-state index is 12.9. The summed E-state index contributed by atoms with van der Waals surface area (Å²) in [6.07, 6.45) is 3.76. The first-order valence-electron chi connectivity index (χ1n) is 9.68. The molecule has 0 radical (unpaired) electrons. The number of allylic oxidation sites excluding steroid dienone is 1. The van der Waals surface area contributed by atoms with E-state index in [0.717, 1.165) is 29.6 Å². The first-order chi connectivity index (χ1) is 13.5. The molecule has 0 atom stereocenters. The number of carbonyl (C=O) groups is 1. The van der Waals surface area contributed by atoms with E-state index >= 15 is 0 Å². The lowest BCUT2D eigenvalue weighted by Crippen LogP contribution is -3.10. The third-order valence-corrected chi connectivity index (χ3v) is 5.54. The number of nitrogens with one attached hydrogen (secondary N) is 1. The van der Waals surface area contributed by atoms with Crippen molar-refractivity contribution in [2.75, 3.05) is 13.1 Å². The van der Waals surface area contributed by atoms with Gasteiger partial charge in [0.1, 0.15) is 12.3 Å². The van der Waals surface area contributed by atoms with Gasteiger partial charge in [0.05, 0.1) is 18.7 Å². The van der Waals surface area contributed by atoms with Gasteiger partial charge in [0.25, 0.3) is 0 Å². The minimum absolute atomic E-state index is 0.0719. The summed E-state index contributed by atoms with van der Waals surface area (Å²) in [5, 5.41) is 13.5. The van der Waals surface area contributed by atoms with Crippen molar-refractivity contribution in [2.45, 2.75) is 20.4 Å². The zero-order chi connectivity index (χ0) is 19.8. The second-order valence-electron chi connectivity index (χ2n) is 7.21. The molecule has 1 aliphatic rings. The minimum Gasteiger partial charge on any atom is -0.872 e. The van der Waals surface area contributed by atoms with E-state index in [1.54, 1.807) is 12.1 Å². The monoisotopic (exact) mass is 376 g/mol. The average Bonchev–Trinajstić information content (AvgIpc) is 3.19. The fourth-order valence-corrected chi connectivity index (χ4v) is 3.84. The highest BCUT2D eigenvalue weighted by Crippen LogP contribution is 2.38. The number of carbonyl (C=O) groups excluding carboxylic acids is 1. The van der Waals surface area contributed by atoms with Crippen molar-refractivity contribution in [1.29, 1.82) is 0 Å². The quantitative estimate of drug-likeness (QED) is 0.695. The van der Waals surface area contributed by atoms with Crippen LogP contribution in [-0.2, 0) is 13.6 Å². The second kappa shape index (κ2) is 7.17. The van der Waals surface area contributed by atoms with Crippen LogP contribution in [-0.4, -0.2) is 23.4 Å². The molecule has 1 aliphatic heterocycles. The molecule has 0 saturated carbocycles. The summed E-state index contributed by atoms with van der Waals surface area (Å²) in [6.45, 7) is 6.55. The van der Waals surface area contributed by atoms with Crippen LogP contribution in [0.25, 0.3) is 17.0 Å². The number of ether oxygens (including phenoxy) is 1. The summed E-state index contributed by atoms with van der Waals surface area (Å²) < 4.78 is 8.00. The predicted molar refractivity (Wildman–Crippen MR) is 107 cm³/mol. The number of nitrogens with zero attached hydrogens (tertiary/aromatic N) is 1. The van der Waals surface area contributed by atoms with E-state index in [4.69, 9.17) is 4.74 Å². The van der Waals surface area contributed by atoms with E-state index < -0.39 is 0 Å². The number of para-hydroxylation sites is 1. The Morgan fingerprint density at radius 1 is 1.14 bits per heavy atom. The molecule has 1 N–H and O–H groups in total. The third kappa shape index (κ3) is 2.98. The summed E-state index contributed by atoms with van der Waals surface area (Å²) in [7, 11) is 1.98. The number of benzene rings is 2. The first kappa shape index (κ1) is 18.3. The highest BCUT2D eigenvalue weighted by Gasteiger charge is 2.31. The van der Waals surface area contributed by atoms with Crippen LogP contribution in [0.1, 0.15) is 35.3 Å². The molecule has 2 heterocycles. The van der Waals surface area contributed by atoms with Crippen molar-refractivity contribution in [1.82, 2.24) is 4.57 Å². The summed E-state index contributed by atoms with van der Waals surface area (Å²) in [6, 6.07) is 11.1. The van der Waals surface area contributed by atoms with Gasteiger partial charge in [0.2, 0.25) is 5.78 Å². The fourth-order valence-electron chi connectivity index (χ4n) is 3.84. The Bertz CT molecular complexity index is 1090. The molecule has 5 nitrogen and oxygen atoms in total. The molecular weight excluding hydrogens is 352 g/mol. The van der Waals surface area contributed by atoms with E-state index in [1.807, 2.05) is 42.1 Å². The van der Waals surface area contributed by atoms with E-state index in [1.165, 1.54) is 11.0 Å². The fraction of sp³-hybridized carbons (Fsp3) is 0.261. The lowest BCUT2D eigenvalue weighted by Gasteiger charge is -2.21. The third-order valence-electron chi connectivity index (χ3n) is 5.54. The Balaban J connectivity index is 1.75. The summed E-state index contributed by atoms with van der Waals surface area (Å²) in [4.78, 5) is 14.2. The second-order valence-corrected chi connectivity index (χ2v) is 7.21. The smallest absolute Gasteiger partial charge is 0.231 e. The minimum atomic E-state index is -0.168. The van der Waals surface area contributed by atoms with Crippen molar-refractivity contribution in [3.63, 3.8) is 0 Å². The molecule has 0 unspecified atom stereocenters. The molecule has 3 aromatic rings. The number of hydrogen-bond donors (Lipinski definition) is 1. The number of rotatable bonds is 5. The summed E-state index contributed by atoms with van der Waals surface area (Å²) in [5.41, 5.74) is 3.08. The summed E-state index contributed by atoms with van der Waals surface area (Å²) in [5.74, 6) is 0.465.